The van der Waals surface area contributed by atoms with Gasteiger partial charge in [-0.2, -0.15) is 0 Å². The van der Waals surface area contributed by atoms with Crippen molar-refractivity contribution in [3.63, 3.8) is 0 Å². The average Bonchev–Trinajstić information content (AvgIpc) is 3.48. The van der Waals surface area contributed by atoms with Crippen LogP contribution in [-0.2, 0) is 24.3 Å². The number of anilines is 1. The molecule has 5 rings (SSSR count). The van der Waals surface area contributed by atoms with Crippen LogP contribution in [0.15, 0.2) is 24.3 Å². The summed E-state index contributed by atoms with van der Waals surface area (Å²) in [6.45, 7) is 4.58. The Hall–Kier alpha value is -3.00. The highest BCUT2D eigenvalue weighted by atomic mass is 16.2. The van der Waals surface area contributed by atoms with E-state index >= 15 is 0 Å². The molecule has 33 heavy (non-hydrogen) atoms. The highest BCUT2D eigenvalue weighted by Gasteiger charge is 2.31. The zero-order chi connectivity index (χ0) is 22.9. The average molecular weight is 449 g/mol. The summed E-state index contributed by atoms with van der Waals surface area (Å²) in [6, 6.07) is 7.72. The number of amides is 2. The SMILES string of the molecule is CNc1nc(C2CCN(C(=O)c3cccc(CN4CCCC4=O)c3)C2)nc2c1CN(C)CC2. The molecule has 2 aromatic rings. The molecule has 1 atom stereocenters. The minimum Gasteiger partial charge on any atom is -0.373 e. The molecule has 1 aromatic carbocycles. The minimum atomic E-state index is 0.0422. The summed E-state index contributed by atoms with van der Waals surface area (Å²) in [5.74, 6) is 2.15. The van der Waals surface area contributed by atoms with E-state index in [4.69, 9.17) is 9.97 Å². The largest absolute Gasteiger partial charge is 0.373 e. The Bertz CT molecular complexity index is 1050. The molecule has 174 valence electrons. The van der Waals surface area contributed by atoms with Crippen molar-refractivity contribution in [2.45, 2.75) is 44.7 Å². The molecule has 0 saturated carbocycles. The summed E-state index contributed by atoms with van der Waals surface area (Å²) in [5, 5.41) is 3.25. The Morgan fingerprint density at radius 2 is 2.06 bits per heavy atom. The van der Waals surface area contributed by atoms with Crippen molar-refractivity contribution in [3.05, 3.63) is 52.5 Å². The van der Waals surface area contributed by atoms with Gasteiger partial charge in [-0.05, 0) is 37.6 Å². The molecular weight excluding hydrogens is 416 g/mol. The number of hydrogen-bond acceptors (Lipinski definition) is 6. The minimum absolute atomic E-state index is 0.0422. The summed E-state index contributed by atoms with van der Waals surface area (Å²) < 4.78 is 0. The molecule has 3 aliphatic heterocycles. The third kappa shape index (κ3) is 4.44. The van der Waals surface area contributed by atoms with Gasteiger partial charge in [-0.1, -0.05) is 12.1 Å². The molecule has 1 aromatic heterocycles. The fourth-order valence-corrected chi connectivity index (χ4v) is 5.19. The van der Waals surface area contributed by atoms with Crippen LogP contribution in [0.3, 0.4) is 0 Å². The number of fused-ring (bicyclic) bond motifs is 1. The van der Waals surface area contributed by atoms with Gasteiger partial charge in [-0.3, -0.25) is 9.59 Å². The number of likely N-dealkylation sites (tertiary alicyclic amines) is 2. The lowest BCUT2D eigenvalue weighted by Gasteiger charge is -2.26. The molecule has 1 N–H and O–H groups in total. The first kappa shape index (κ1) is 21.8. The van der Waals surface area contributed by atoms with Crippen LogP contribution in [0.5, 0.6) is 0 Å². The van der Waals surface area contributed by atoms with E-state index in [-0.39, 0.29) is 17.7 Å². The second-order valence-corrected chi connectivity index (χ2v) is 9.45. The molecule has 0 bridgehead atoms. The maximum absolute atomic E-state index is 13.3. The van der Waals surface area contributed by atoms with Crippen LogP contribution >= 0.6 is 0 Å². The third-order valence-corrected chi connectivity index (χ3v) is 7.06. The van der Waals surface area contributed by atoms with Gasteiger partial charge in [0.2, 0.25) is 5.91 Å². The number of rotatable bonds is 5. The molecule has 0 radical (unpaired) electrons. The number of hydrogen-bond donors (Lipinski definition) is 1. The summed E-state index contributed by atoms with van der Waals surface area (Å²) in [7, 11) is 4.03. The van der Waals surface area contributed by atoms with Crippen molar-refractivity contribution in [2.24, 2.45) is 0 Å². The number of aromatic nitrogens is 2. The quantitative estimate of drug-likeness (QED) is 0.756. The molecule has 3 aliphatic rings. The molecule has 8 nitrogen and oxygen atoms in total. The van der Waals surface area contributed by atoms with Crippen LogP contribution in [-0.4, -0.2) is 76.8 Å². The van der Waals surface area contributed by atoms with Crippen LogP contribution in [0.25, 0.3) is 0 Å². The number of nitrogens with one attached hydrogen (secondary N) is 1. The highest BCUT2D eigenvalue weighted by molar-refractivity contribution is 5.94. The van der Waals surface area contributed by atoms with Crippen molar-refractivity contribution < 1.29 is 9.59 Å². The lowest BCUT2D eigenvalue weighted by molar-refractivity contribution is -0.128. The van der Waals surface area contributed by atoms with E-state index in [1.165, 1.54) is 5.56 Å². The van der Waals surface area contributed by atoms with Crippen LogP contribution in [0.2, 0.25) is 0 Å². The van der Waals surface area contributed by atoms with Gasteiger partial charge >= 0.3 is 0 Å². The smallest absolute Gasteiger partial charge is 0.253 e. The van der Waals surface area contributed by atoms with E-state index in [0.29, 0.717) is 31.6 Å². The summed E-state index contributed by atoms with van der Waals surface area (Å²) in [5.41, 5.74) is 4.02. The highest BCUT2D eigenvalue weighted by Crippen LogP contribution is 2.30. The number of likely N-dealkylation sites (N-methyl/N-ethyl adjacent to an activating group) is 1. The van der Waals surface area contributed by atoms with Gasteiger partial charge in [0.25, 0.3) is 5.91 Å². The maximum Gasteiger partial charge on any atom is 0.253 e. The summed E-state index contributed by atoms with van der Waals surface area (Å²) >= 11 is 0. The summed E-state index contributed by atoms with van der Waals surface area (Å²) in [4.78, 5) is 41.1. The summed E-state index contributed by atoms with van der Waals surface area (Å²) in [6.07, 6.45) is 3.35. The van der Waals surface area contributed by atoms with Crippen molar-refractivity contribution >= 4 is 17.6 Å². The van der Waals surface area contributed by atoms with Crippen LogP contribution < -0.4 is 5.32 Å². The van der Waals surface area contributed by atoms with E-state index in [9.17, 15) is 9.59 Å². The standard InChI is InChI=1S/C25H32N6O2/c1-26-24-20-16-29(2)11-9-21(20)27-23(28-24)19-8-12-31(15-19)25(33)18-6-3-5-17(13-18)14-30-10-4-7-22(30)32/h3,5-6,13,19H,4,7-12,14-16H2,1-2H3,(H,26,27,28). The number of benzene rings is 1. The molecule has 2 saturated heterocycles. The van der Waals surface area contributed by atoms with Gasteiger partial charge in [0.1, 0.15) is 11.6 Å². The van der Waals surface area contributed by atoms with Gasteiger partial charge in [0.05, 0.1) is 5.69 Å². The Morgan fingerprint density at radius 1 is 1.18 bits per heavy atom. The van der Waals surface area contributed by atoms with Gasteiger partial charge in [0, 0.05) is 76.2 Å². The van der Waals surface area contributed by atoms with Crippen molar-refractivity contribution in [3.8, 4) is 0 Å². The topological polar surface area (TPSA) is 81.7 Å². The van der Waals surface area contributed by atoms with Gasteiger partial charge in [-0.15, -0.1) is 0 Å². The third-order valence-electron chi connectivity index (χ3n) is 7.06. The zero-order valence-electron chi connectivity index (χ0n) is 19.5. The number of nitrogens with zero attached hydrogens (tertiary/aromatic N) is 5. The number of carbonyl (C=O) groups is 2. The Kier molecular flexibility index (Phi) is 6.01. The van der Waals surface area contributed by atoms with Crippen LogP contribution in [0.1, 0.15) is 58.2 Å². The fraction of sp³-hybridized carbons (Fsp3) is 0.520. The fourth-order valence-electron chi connectivity index (χ4n) is 5.19. The molecule has 0 spiro atoms. The zero-order valence-corrected chi connectivity index (χ0v) is 19.5. The predicted octanol–water partition coefficient (Wildman–Crippen LogP) is 2.26. The van der Waals surface area contributed by atoms with E-state index < -0.39 is 0 Å². The van der Waals surface area contributed by atoms with E-state index in [1.54, 1.807) is 0 Å². The Morgan fingerprint density at radius 3 is 2.85 bits per heavy atom. The van der Waals surface area contributed by atoms with Crippen LogP contribution in [0, 0.1) is 0 Å². The molecule has 8 heteroatoms. The molecule has 1 unspecified atom stereocenters. The monoisotopic (exact) mass is 448 g/mol. The van der Waals surface area contributed by atoms with E-state index in [2.05, 4.69) is 17.3 Å². The normalized spacial score (nSPS) is 20.9. The van der Waals surface area contributed by atoms with Gasteiger partial charge < -0.3 is 20.0 Å². The second kappa shape index (κ2) is 9.09. The predicted molar refractivity (Wildman–Crippen MR) is 126 cm³/mol. The molecule has 2 fully saturated rings. The first-order valence-corrected chi connectivity index (χ1v) is 11.9. The van der Waals surface area contributed by atoms with Crippen molar-refractivity contribution in [2.75, 3.05) is 45.6 Å². The Balaban J connectivity index is 1.29. The number of carbonyl (C=O) groups excluding carboxylic acids is 2. The van der Waals surface area contributed by atoms with Gasteiger partial charge in [0.15, 0.2) is 0 Å². The van der Waals surface area contributed by atoms with Crippen LogP contribution in [0.4, 0.5) is 5.82 Å². The lowest BCUT2D eigenvalue weighted by atomic mass is 10.0. The lowest BCUT2D eigenvalue weighted by Crippen LogP contribution is -2.30. The molecule has 2 amide bonds. The molecular formula is C25H32N6O2. The molecule has 4 heterocycles. The van der Waals surface area contributed by atoms with E-state index in [0.717, 1.165) is 61.8 Å². The Labute approximate surface area is 195 Å². The van der Waals surface area contributed by atoms with Crippen molar-refractivity contribution in [1.29, 1.82) is 0 Å². The molecule has 0 aliphatic carbocycles. The van der Waals surface area contributed by atoms with E-state index in [1.807, 2.05) is 41.1 Å². The first-order chi connectivity index (χ1) is 16.0. The first-order valence-electron chi connectivity index (χ1n) is 11.9. The van der Waals surface area contributed by atoms with Gasteiger partial charge in [-0.25, -0.2) is 9.97 Å². The second-order valence-electron chi connectivity index (χ2n) is 9.45. The maximum atomic E-state index is 13.3. The van der Waals surface area contributed by atoms with Crippen molar-refractivity contribution in [1.82, 2.24) is 24.7 Å².